The van der Waals surface area contributed by atoms with Gasteiger partial charge in [-0.3, -0.25) is 4.57 Å². The van der Waals surface area contributed by atoms with Crippen molar-refractivity contribution < 1.29 is 5.11 Å². The van der Waals surface area contributed by atoms with Crippen molar-refractivity contribution in [2.24, 2.45) is 0 Å². The molecule has 2 aromatic rings. The van der Waals surface area contributed by atoms with E-state index in [1.807, 2.05) is 12.1 Å². The van der Waals surface area contributed by atoms with Crippen LogP contribution in [0.25, 0.3) is 5.69 Å². The number of nitrogens with zero attached hydrogens (tertiary/aromatic N) is 4. The van der Waals surface area contributed by atoms with E-state index in [-0.39, 0.29) is 6.61 Å². The predicted molar refractivity (Wildman–Crippen MR) is 70.8 cm³/mol. The van der Waals surface area contributed by atoms with Gasteiger partial charge in [-0.05, 0) is 38.1 Å². The highest BCUT2D eigenvalue weighted by molar-refractivity contribution is 5.51. The van der Waals surface area contributed by atoms with Crippen molar-refractivity contribution in [3.05, 3.63) is 36.4 Å². The Kier molecular flexibility index (Phi) is 3.94. The van der Waals surface area contributed by atoms with Crippen LogP contribution >= 0.6 is 0 Å². The Morgan fingerprint density at radius 2 is 1.83 bits per heavy atom. The molecule has 0 fully saturated rings. The Bertz CT molecular complexity index is 488. The van der Waals surface area contributed by atoms with Crippen LogP contribution < -0.4 is 4.90 Å². The first-order chi connectivity index (χ1) is 8.80. The molecule has 1 aromatic heterocycles. The van der Waals surface area contributed by atoms with Gasteiger partial charge in [0.25, 0.3) is 0 Å². The van der Waals surface area contributed by atoms with Crippen molar-refractivity contribution >= 4 is 5.69 Å². The highest BCUT2D eigenvalue weighted by atomic mass is 16.3. The third-order valence-electron chi connectivity index (χ3n) is 3.02. The monoisotopic (exact) mass is 246 g/mol. The number of aliphatic hydroxyl groups is 1. The zero-order chi connectivity index (χ0) is 13.0. The van der Waals surface area contributed by atoms with Gasteiger partial charge in [0.1, 0.15) is 12.9 Å². The van der Waals surface area contributed by atoms with Crippen LogP contribution in [0.15, 0.2) is 30.6 Å². The van der Waals surface area contributed by atoms with Gasteiger partial charge < -0.3 is 10.0 Å². The van der Waals surface area contributed by atoms with E-state index in [1.54, 1.807) is 10.9 Å². The van der Waals surface area contributed by atoms with Crippen LogP contribution in [0.5, 0.6) is 0 Å². The SMILES string of the molecule is CCN(CC)c1ccc(-n2cnnc2CO)cc1. The molecule has 0 spiro atoms. The second-order valence-electron chi connectivity index (χ2n) is 3.96. The van der Waals surface area contributed by atoms with Gasteiger partial charge in [0.05, 0.1) is 0 Å². The third-order valence-corrected chi connectivity index (χ3v) is 3.02. The number of benzene rings is 1. The summed E-state index contributed by atoms with van der Waals surface area (Å²) in [5.74, 6) is 0.547. The van der Waals surface area contributed by atoms with Gasteiger partial charge >= 0.3 is 0 Å². The average Bonchev–Trinajstić information content (AvgIpc) is 2.89. The van der Waals surface area contributed by atoms with Gasteiger partial charge in [0.15, 0.2) is 5.82 Å². The summed E-state index contributed by atoms with van der Waals surface area (Å²) in [6.07, 6.45) is 1.61. The second-order valence-corrected chi connectivity index (χ2v) is 3.96. The van der Waals surface area contributed by atoms with E-state index in [9.17, 15) is 0 Å². The van der Waals surface area contributed by atoms with Gasteiger partial charge in [-0.2, -0.15) is 0 Å². The molecule has 5 nitrogen and oxygen atoms in total. The Morgan fingerprint density at radius 3 is 2.39 bits per heavy atom. The lowest BCUT2D eigenvalue weighted by molar-refractivity contribution is 0.269. The molecular formula is C13H18N4O. The fourth-order valence-electron chi connectivity index (χ4n) is 2.00. The summed E-state index contributed by atoms with van der Waals surface area (Å²) >= 11 is 0. The molecule has 0 atom stereocenters. The lowest BCUT2D eigenvalue weighted by Crippen LogP contribution is -2.21. The molecule has 5 heteroatoms. The van der Waals surface area contributed by atoms with E-state index in [2.05, 4.69) is 41.1 Å². The van der Waals surface area contributed by atoms with Crippen LogP contribution in [0.3, 0.4) is 0 Å². The van der Waals surface area contributed by atoms with Gasteiger partial charge in [-0.15, -0.1) is 10.2 Å². The summed E-state index contributed by atoms with van der Waals surface area (Å²) in [6.45, 7) is 6.15. The molecule has 1 N–H and O–H groups in total. The molecule has 0 aliphatic carbocycles. The van der Waals surface area contributed by atoms with Gasteiger partial charge in [-0.25, -0.2) is 0 Å². The summed E-state index contributed by atoms with van der Waals surface area (Å²) in [4.78, 5) is 2.28. The average molecular weight is 246 g/mol. The maximum Gasteiger partial charge on any atom is 0.163 e. The third kappa shape index (κ3) is 2.36. The minimum atomic E-state index is -0.113. The zero-order valence-corrected chi connectivity index (χ0v) is 10.7. The molecule has 0 saturated heterocycles. The molecule has 2 rings (SSSR count). The molecule has 0 saturated carbocycles. The quantitative estimate of drug-likeness (QED) is 0.870. The number of hydrogen-bond acceptors (Lipinski definition) is 4. The van der Waals surface area contributed by atoms with E-state index in [0.29, 0.717) is 5.82 Å². The van der Waals surface area contributed by atoms with Crippen LogP contribution in [0.1, 0.15) is 19.7 Å². The molecule has 0 aliphatic heterocycles. The lowest BCUT2D eigenvalue weighted by atomic mass is 10.2. The molecule has 0 amide bonds. The largest absolute Gasteiger partial charge is 0.388 e. The van der Waals surface area contributed by atoms with E-state index in [0.717, 1.165) is 18.8 Å². The maximum absolute atomic E-state index is 9.16. The number of aromatic nitrogens is 3. The molecule has 0 aliphatic rings. The molecule has 0 bridgehead atoms. The summed E-state index contributed by atoms with van der Waals surface area (Å²) < 4.78 is 1.78. The van der Waals surface area contributed by atoms with E-state index < -0.39 is 0 Å². The summed E-state index contributed by atoms with van der Waals surface area (Å²) in [5, 5.41) is 16.8. The highest BCUT2D eigenvalue weighted by Gasteiger charge is 2.06. The minimum absolute atomic E-state index is 0.113. The first kappa shape index (κ1) is 12.6. The molecule has 0 radical (unpaired) electrons. The second kappa shape index (κ2) is 5.64. The van der Waals surface area contributed by atoms with E-state index >= 15 is 0 Å². The lowest BCUT2D eigenvalue weighted by Gasteiger charge is -2.21. The van der Waals surface area contributed by atoms with Crippen LogP contribution in [0, 0.1) is 0 Å². The predicted octanol–water partition coefficient (Wildman–Crippen LogP) is 1.61. The molecule has 1 heterocycles. The van der Waals surface area contributed by atoms with Crippen LogP contribution in [0.4, 0.5) is 5.69 Å². The summed E-state index contributed by atoms with van der Waals surface area (Å²) in [6, 6.07) is 8.17. The van der Waals surface area contributed by atoms with Crippen molar-refractivity contribution in [1.29, 1.82) is 0 Å². The Morgan fingerprint density at radius 1 is 1.17 bits per heavy atom. The topological polar surface area (TPSA) is 54.2 Å². The molecule has 18 heavy (non-hydrogen) atoms. The van der Waals surface area contributed by atoms with Gasteiger partial charge in [0.2, 0.25) is 0 Å². The standard InChI is InChI=1S/C13H18N4O/c1-3-16(4-2)11-5-7-12(8-6-11)17-10-14-15-13(17)9-18/h5-8,10,18H,3-4,9H2,1-2H3. The van der Waals surface area contributed by atoms with Gasteiger partial charge in [-0.1, -0.05) is 0 Å². The highest BCUT2D eigenvalue weighted by Crippen LogP contribution is 2.17. The summed E-state index contributed by atoms with van der Waals surface area (Å²) in [5.41, 5.74) is 2.15. The van der Waals surface area contributed by atoms with Crippen LogP contribution in [0.2, 0.25) is 0 Å². The van der Waals surface area contributed by atoms with E-state index in [1.165, 1.54) is 5.69 Å². The molecular weight excluding hydrogens is 228 g/mol. The minimum Gasteiger partial charge on any atom is -0.388 e. The Balaban J connectivity index is 2.27. The molecule has 96 valence electrons. The first-order valence-electron chi connectivity index (χ1n) is 6.15. The van der Waals surface area contributed by atoms with Crippen molar-refractivity contribution in [2.75, 3.05) is 18.0 Å². The van der Waals surface area contributed by atoms with Crippen LogP contribution in [-0.2, 0) is 6.61 Å². The fourth-order valence-corrected chi connectivity index (χ4v) is 2.00. The van der Waals surface area contributed by atoms with Crippen LogP contribution in [-0.4, -0.2) is 33.0 Å². The Hall–Kier alpha value is -1.88. The fraction of sp³-hybridized carbons (Fsp3) is 0.385. The van der Waals surface area contributed by atoms with Crippen molar-refractivity contribution in [1.82, 2.24) is 14.8 Å². The number of hydrogen-bond donors (Lipinski definition) is 1. The number of anilines is 1. The summed E-state index contributed by atoms with van der Waals surface area (Å²) in [7, 11) is 0. The normalized spacial score (nSPS) is 10.6. The number of rotatable bonds is 5. The molecule has 0 unspecified atom stereocenters. The zero-order valence-electron chi connectivity index (χ0n) is 10.7. The van der Waals surface area contributed by atoms with Crippen molar-refractivity contribution in [3.8, 4) is 5.69 Å². The van der Waals surface area contributed by atoms with Gasteiger partial charge in [0, 0.05) is 24.5 Å². The maximum atomic E-state index is 9.16. The molecule has 1 aromatic carbocycles. The Labute approximate surface area is 107 Å². The number of aliphatic hydroxyl groups excluding tert-OH is 1. The first-order valence-corrected chi connectivity index (χ1v) is 6.15. The van der Waals surface area contributed by atoms with Crippen molar-refractivity contribution in [2.45, 2.75) is 20.5 Å². The van der Waals surface area contributed by atoms with E-state index in [4.69, 9.17) is 5.11 Å². The van der Waals surface area contributed by atoms with Crippen molar-refractivity contribution in [3.63, 3.8) is 0 Å². The smallest absolute Gasteiger partial charge is 0.163 e.